The van der Waals surface area contributed by atoms with Crippen molar-refractivity contribution in [1.82, 2.24) is 9.78 Å². The van der Waals surface area contributed by atoms with Gasteiger partial charge in [0.05, 0.1) is 17.5 Å². The van der Waals surface area contributed by atoms with Crippen molar-refractivity contribution in [2.75, 3.05) is 0 Å². The second-order valence-corrected chi connectivity index (χ2v) is 4.43. The van der Waals surface area contributed by atoms with Gasteiger partial charge in [-0.25, -0.2) is 0 Å². The van der Waals surface area contributed by atoms with E-state index < -0.39 is 11.7 Å². The van der Waals surface area contributed by atoms with Gasteiger partial charge in [-0.2, -0.15) is 18.3 Å². The third-order valence-corrected chi connectivity index (χ3v) is 2.94. The molecule has 0 fully saturated rings. The Bertz CT molecular complexity index is 568. The minimum Gasteiger partial charge on any atom is -0.323 e. The number of aromatic nitrogens is 2. The highest BCUT2D eigenvalue weighted by atomic mass is 19.4. The van der Waals surface area contributed by atoms with Gasteiger partial charge in [0.15, 0.2) is 0 Å². The lowest BCUT2D eigenvalue weighted by Gasteiger charge is -2.11. The van der Waals surface area contributed by atoms with E-state index in [-0.39, 0.29) is 6.04 Å². The van der Waals surface area contributed by atoms with Crippen LogP contribution in [0.15, 0.2) is 30.5 Å². The van der Waals surface area contributed by atoms with E-state index >= 15 is 0 Å². The standard InChI is InChI=1S/C13H14F3N3/c1-8(17)12-11(7-18-19(12)2)9-3-5-10(6-4-9)13(14,15)16/h3-8H,17H2,1-2H3. The lowest BCUT2D eigenvalue weighted by Crippen LogP contribution is -2.11. The van der Waals surface area contributed by atoms with Crippen molar-refractivity contribution in [3.05, 3.63) is 41.7 Å². The number of nitrogens with zero attached hydrogens (tertiary/aromatic N) is 2. The summed E-state index contributed by atoms with van der Waals surface area (Å²) in [6.07, 6.45) is -2.71. The van der Waals surface area contributed by atoms with Gasteiger partial charge in [-0.05, 0) is 24.6 Å². The molecular weight excluding hydrogens is 255 g/mol. The smallest absolute Gasteiger partial charge is 0.323 e. The molecule has 0 aliphatic rings. The fourth-order valence-corrected chi connectivity index (χ4v) is 2.05. The Balaban J connectivity index is 2.44. The highest BCUT2D eigenvalue weighted by Gasteiger charge is 2.30. The van der Waals surface area contributed by atoms with E-state index in [1.165, 1.54) is 12.1 Å². The van der Waals surface area contributed by atoms with Gasteiger partial charge in [-0.15, -0.1) is 0 Å². The van der Waals surface area contributed by atoms with Crippen LogP contribution in [0, 0.1) is 0 Å². The van der Waals surface area contributed by atoms with Gasteiger partial charge in [0.25, 0.3) is 0 Å². The van der Waals surface area contributed by atoms with Crippen molar-refractivity contribution in [2.45, 2.75) is 19.1 Å². The van der Waals surface area contributed by atoms with Crippen LogP contribution in [0.3, 0.4) is 0 Å². The maximum absolute atomic E-state index is 12.5. The van der Waals surface area contributed by atoms with Crippen molar-refractivity contribution in [1.29, 1.82) is 0 Å². The van der Waals surface area contributed by atoms with Crippen LogP contribution in [0.4, 0.5) is 13.2 Å². The third kappa shape index (κ3) is 2.63. The molecule has 0 amide bonds. The lowest BCUT2D eigenvalue weighted by atomic mass is 10.0. The first-order valence-electron chi connectivity index (χ1n) is 5.76. The normalized spacial score (nSPS) is 13.6. The Hall–Kier alpha value is -1.82. The average Bonchev–Trinajstić information content (AvgIpc) is 2.70. The van der Waals surface area contributed by atoms with E-state index in [1.807, 2.05) is 6.92 Å². The third-order valence-electron chi connectivity index (χ3n) is 2.94. The molecule has 0 bridgehead atoms. The van der Waals surface area contributed by atoms with Crippen molar-refractivity contribution < 1.29 is 13.2 Å². The summed E-state index contributed by atoms with van der Waals surface area (Å²) >= 11 is 0. The number of rotatable bonds is 2. The van der Waals surface area contributed by atoms with Crippen LogP contribution in [-0.2, 0) is 13.2 Å². The monoisotopic (exact) mass is 269 g/mol. The number of alkyl halides is 3. The maximum Gasteiger partial charge on any atom is 0.416 e. The molecule has 2 aromatic rings. The number of nitrogens with two attached hydrogens (primary N) is 1. The first-order valence-corrected chi connectivity index (χ1v) is 5.76. The Morgan fingerprint density at radius 2 is 1.79 bits per heavy atom. The SMILES string of the molecule is CC(N)c1c(-c2ccc(C(F)(F)F)cc2)cnn1C. The number of hydrogen-bond donors (Lipinski definition) is 1. The van der Waals surface area contributed by atoms with Gasteiger partial charge in [0.1, 0.15) is 0 Å². The van der Waals surface area contributed by atoms with Crippen molar-refractivity contribution in [3.63, 3.8) is 0 Å². The second-order valence-electron chi connectivity index (χ2n) is 4.43. The molecule has 1 heterocycles. The molecule has 0 radical (unpaired) electrons. The van der Waals surface area contributed by atoms with E-state index in [1.54, 1.807) is 17.9 Å². The minimum absolute atomic E-state index is 0.246. The number of aryl methyl sites for hydroxylation is 1. The second kappa shape index (κ2) is 4.70. The number of benzene rings is 1. The van der Waals surface area contributed by atoms with Crippen LogP contribution in [0.5, 0.6) is 0 Å². The Morgan fingerprint density at radius 1 is 1.21 bits per heavy atom. The average molecular weight is 269 g/mol. The number of hydrogen-bond acceptors (Lipinski definition) is 2. The lowest BCUT2D eigenvalue weighted by molar-refractivity contribution is -0.137. The summed E-state index contributed by atoms with van der Waals surface area (Å²) in [7, 11) is 1.76. The molecule has 1 aromatic heterocycles. The molecule has 2 N–H and O–H groups in total. The highest BCUT2D eigenvalue weighted by Crippen LogP contribution is 2.32. The predicted octanol–water partition coefficient (Wildman–Crippen LogP) is 3.13. The molecular formula is C13H14F3N3. The molecule has 0 saturated heterocycles. The minimum atomic E-state index is -4.32. The van der Waals surface area contributed by atoms with Crippen LogP contribution in [-0.4, -0.2) is 9.78 Å². The molecule has 1 aromatic carbocycles. The van der Waals surface area contributed by atoms with E-state index in [0.29, 0.717) is 5.56 Å². The first kappa shape index (κ1) is 13.6. The molecule has 0 saturated carbocycles. The maximum atomic E-state index is 12.5. The zero-order valence-corrected chi connectivity index (χ0v) is 10.6. The molecule has 0 aliphatic heterocycles. The number of halogens is 3. The molecule has 0 aliphatic carbocycles. The van der Waals surface area contributed by atoms with Crippen LogP contribution < -0.4 is 5.73 Å². The van der Waals surface area contributed by atoms with Crippen molar-refractivity contribution >= 4 is 0 Å². The summed E-state index contributed by atoms with van der Waals surface area (Å²) in [6, 6.07) is 4.75. The van der Waals surface area contributed by atoms with Gasteiger partial charge < -0.3 is 5.73 Å². The molecule has 6 heteroatoms. The summed E-state index contributed by atoms with van der Waals surface area (Å²) in [5.41, 5.74) is 7.41. The topological polar surface area (TPSA) is 43.8 Å². The largest absolute Gasteiger partial charge is 0.416 e. The van der Waals surface area contributed by atoms with Crippen LogP contribution in [0.1, 0.15) is 24.2 Å². The van der Waals surface area contributed by atoms with Gasteiger partial charge in [0, 0.05) is 18.7 Å². The van der Waals surface area contributed by atoms with Gasteiger partial charge in [-0.1, -0.05) is 12.1 Å². The zero-order chi connectivity index (χ0) is 14.2. The van der Waals surface area contributed by atoms with E-state index in [9.17, 15) is 13.2 Å². The van der Waals surface area contributed by atoms with E-state index in [0.717, 1.165) is 23.4 Å². The van der Waals surface area contributed by atoms with Crippen LogP contribution >= 0.6 is 0 Å². The quantitative estimate of drug-likeness (QED) is 0.910. The molecule has 19 heavy (non-hydrogen) atoms. The molecule has 1 atom stereocenters. The van der Waals surface area contributed by atoms with Gasteiger partial charge in [0.2, 0.25) is 0 Å². The molecule has 3 nitrogen and oxygen atoms in total. The van der Waals surface area contributed by atoms with Crippen LogP contribution in [0.25, 0.3) is 11.1 Å². The molecule has 102 valence electrons. The van der Waals surface area contributed by atoms with Crippen molar-refractivity contribution in [2.24, 2.45) is 12.8 Å². The molecule has 2 rings (SSSR count). The zero-order valence-electron chi connectivity index (χ0n) is 10.6. The first-order chi connectivity index (χ1) is 8.80. The Morgan fingerprint density at radius 3 is 2.26 bits per heavy atom. The fraction of sp³-hybridized carbons (Fsp3) is 0.308. The Kier molecular flexibility index (Phi) is 3.36. The van der Waals surface area contributed by atoms with Gasteiger partial charge >= 0.3 is 6.18 Å². The Labute approximate surface area is 108 Å². The molecule has 1 unspecified atom stereocenters. The summed E-state index contributed by atoms with van der Waals surface area (Å²) in [6.45, 7) is 1.81. The summed E-state index contributed by atoms with van der Waals surface area (Å²) in [5, 5.41) is 4.10. The predicted molar refractivity (Wildman–Crippen MR) is 66.2 cm³/mol. The highest BCUT2D eigenvalue weighted by molar-refractivity contribution is 5.66. The van der Waals surface area contributed by atoms with E-state index in [4.69, 9.17) is 5.73 Å². The van der Waals surface area contributed by atoms with Gasteiger partial charge in [-0.3, -0.25) is 4.68 Å². The summed E-state index contributed by atoms with van der Waals surface area (Å²) in [4.78, 5) is 0. The van der Waals surface area contributed by atoms with Crippen molar-refractivity contribution in [3.8, 4) is 11.1 Å². The summed E-state index contributed by atoms with van der Waals surface area (Å²) < 4.78 is 39.1. The fourth-order valence-electron chi connectivity index (χ4n) is 2.05. The van der Waals surface area contributed by atoms with E-state index in [2.05, 4.69) is 5.10 Å². The molecule has 0 spiro atoms. The summed E-state index contributed by atoms with van der Waals surface area (Å²) in [5.74, 6) is 0. The van der Waals surface area contributed by atoms with Crippen LogP contribution in [0.2, 0.25) is 0 Å².